The number of benzene rings is 1. The van der Waals surface area contributed by atoms with Crippen LogP contribution < -0.4 is 0 Å². The average molecular weight is 372 g/mol. The lowest BCUT2D eigenvalue weighted by Crippen LogP contribution is -2.40. The first-order chi connectivity index (χ1) is 13.7. The van der Waals surface area contributed by atoms with Crippen LogP contribution in [0.15, 0.2) is 61.1 Å². The van der Waals surface area contributed by atoms with E-state index in [9.17, 15) is 4.79 Å². The van der Waals surface area contributed by atoms with Gasteiger partial charge >= 0.3 is 0 Å². The van der Waals surface area contributed by atoms with Gasteiger partial charge in [0, 0.05) is 42.7 Å². The molecule has 3 heterocycles. The van der Waals surface area contributed by atoms with Crippen LogP contribution in [0.3, 0.4) is 0 Å². The molecule has 1 aliphatic heterocycles. The highest BCUT2D eigenvalue weighted by molar-refractivity contribution is 5.78. The van der Waals surface area contributed by atoms with Crippen molar-refractivity contribution in [2.24, 2.45) is 0 Å². The minimum atomic E-state index is 0.131. The second kappa shape index (κ2) is 8.30. The van der Waals surface area contributed by atoms with Crippen LogP contribution in [0.1, 0.15) is 35.7 Å². The third-order valence-electron chi connectivity index (χ3n) is 5.22. The molecular weight excluding hydrogens is 348 g/mol. The summed E-state index contributed by atoms with van der Waals surface area (Å²) in [6, 6.07) is 14.0. The molecule has 0 bridgehead atoms. The van der Waals surface area contributed by atoms with E-state index in [1.54, 1.807) is 6.20 Å². The van der Waals surface area contributed by atoms with Crippen molar-refractivity contribution in [2.75, 3.05) is 13.1 Å². The standard InChI is InChI=1S/C23H24N4O/c1-17-6-4-7-18(12-17)21-14-24-15-22(26-21)19-8-5-11-27(16-19)23(28)13-20-9-2-3-10-25-20/h2-4,6-7,9-10,12,14-15,19H,5,8,11,13,16H2,1H3/t19-/m1/s1. The predicted molar refractivity (Wildman–Crippen MR) is 109 cm³/mol. The Morgan fingerprint density at radius 1 is 1.18 bits per heavy atom. The van der Waals surface area contributed by atoms with Crippen molar-refractivity contribution in [3.05, 3.63) is 78.0 Å². The quantitative estimate of drug-likeness (QED) is 0.699. The molecule has 0 spiro atoms. The Morgan fingerprint density at radius 2 is 2.11 bits per heavy atom. The maximum absolute atomic E-state index is 12.7. The van der Waals surface area contributed by atoms with Gasteiger partial charge in [-0.2, -0.15) is 0 Å². The summed E-state index contributed by atoms with van der Waals surface area (Å²) in [5.41, 5.74) is 4.95. The number of nitrogens with zero attached hydrogens (tertiary/aromatic N) is 4. The van der Waals surface area contributed by atoms with Crippen LogP contribution in [-0.4, -0.2) is 38.8 Å². The second-order valence-corrected chi connectivity index (χ2v) is 7.38. The van der Waals surface area contributed by atoms with E-state index in [4.69, 9.17) is 4.98 Å². The molecule has 0 radical (unpaired) electrons. The Morgan fingerprint density at radius 3 is 2.93 bits per heavy atom. The highest BCUT2D eigenvalue weighted by atomic mass is 16.2. The zero-order chi connectivity index (χ0) is 19.3. The third-order valence-corrected chi connectivity index (χ3v) is 5.22. The van der Waals surface area contributed by atoms with Crippen LogP contribution in [-0.2, 0) is 11.2 Å². The number of aryl methyl sites for hydroxylation is 1. The molecule has 0 N–H and O–H groups in total. The van der Waals surface area contributed by atoms with Crippen LogP contribution in [0.5, 0.6) is 0 Å². The molecule has 5 nitrogen and oxygen atoms in total. The molecule has 1 aliphatic rings. The zero-order valence-corrected chi connectivity index (χ0v) is 16.1. The number of hydrogen-bond acceptors (Lipinski definition) is 4. The molecule has 1 aromatic carbocycles. The summed E-state index contributed by atoms with van der Waals surface area (Å²) in [6.07, 6.45) is 7.74. The van der Waals surface area contributed by atoms with E-state index in [1.807, 2.05) is 41.6 Å². The molecule has 2 aromatic heterocycles. The number of rotatable bonds is 4. The van der Waals surface area contributed by atoms with Gasteiger partial charge in [0.2, 0.25) is 5.91 Å². The first-order valence-corrected chi connectivity index (χ1v) is 9.76. The van der Waals surface area contributed by atoms with Gasteiger partial charge in [-0.1, -0.05) is 29.8 Å². The molecule has 142 valence electrons. The molecule has 4 rings (SSSR count). The summed E-state index contributed by atoms with van der Waals surface area (Å²) in [5, 5.41) is 0. The van der Waals surface area contributed by atoms with Crippen LogP contribution in [0.4, 0.5) is 0 Å². The van der Waals surface area contributed by atoms with Crippen molar-refractivity contribution in [3.8, 4) is 11.3 Å². The summed E-state index contributed by atoms with van der Waals surface area (Å²) in [4.78, 5) is 28.2. The van der Waals surface area contributed by atoms with Gasteiger partial charge in [-0.3, -0.25) is 14.8 Å². The lowest BCUT2D eigenvalue weighted by atomic mass is 9.94. The Balaban J connectivity index is 1.49. The van der Waals surface area contributed by atoms with Crippen LogP contribution >= 0.6 is 0 Å². The molecular formula is C23H24N4O. The van der Waals surface area contributed by atoms with E-state index in [0.717, 1.165) is 42.0 Å². The van der Waals surface area contributed by atoms with Crippen molar-refractivity contribution < 1.29 is 4.79 Å². The highest BCUT2D eigenvalue weighted by Gasteiger charge is 2.26. The van der Waals surface area contributed by atoms with Crippen LogP contribution in [0.25, 0.3) is 11.3 Å². The lowest BCUT2D eigenvalue weighted by Gasteiger charge is -2.32. The van der Waals surface area contributed by atoms with E-state index in [-0.39, 0.29) is 11.8 Å². The maximum Gasteiger partial charge on any atom is 0.228 e. The van der Waals surface area contributed by atoms with Gasteiger partial charge < -0.3 is 4.90 Å². The van der Waals surface area contributed by atoms with Crippen LogP contribution in [0.2, 0.25) is 0 Å². The summed E-state index contributed by atoms with van der Waals surface area (Å²) in [6.45, 7) is 3.57. The molecule has 1 amide bonds. The number of amides is 1. The number of aromatic nitrogens is 3. The average Bonchev–Trinajstić information content (AvgIpc) is 2.75. The second-order valence-electron chi connectivity index (χ2n) is 7.38. The number of pyridine rings is 1. The van der Waals surface area contributed by atoms with Gasteiger partial charge in [0.15, 0.2) is 0 Å². The molecule has 1 atom stereocenters. The number of piperidine rings is 1. The maximum atomic E-state index is 12.7. The van der Waals surface area contributed by atoms with E-state index in [0.29, 0.717) is 13.0 Å². The smallest absolute Gasteiger partial charge is 0.228 e. The molecule has 5 heteroatoms. The first-order valence-electron chi connectivity index (χ1n) is 9.76. The Hall–Kier alpha value is -3.08. The van der Waals surface area contributed by atoms with E-state index < -0.39 is 0 Å². The van der Waals surface area contributed by atoms with Gasteiger partial charge in [0.1, 0.15) is 0 Å². The Labute approximate surface area is 165 Å². The summed E-state index contributed by atoms with van der Waals surface area (Å²) >= 11 is 0. The van der Waals surface area contributed by atoms with Gasteiger partial charge in [-0.25, -0.2) is 4.98 Å². The SMILES string of the molecule is Cc1cccc(-c2cncc([C@@H]3CCCN(C(=O)Cc4ccccn4)C3)n2)c1. The Bertz CT molecular complexity index is 958. The van der Waals surface area contributed by atoms with E-state index in [2.05, 4.69) is 35.1 Å². The minimum Gasteiger partial charge on any atom is -0.342 e. The van der Waals surface area contributed by atoms with Crippen LogP contribution in [0, 0.1) is 6.92 Å². The van der Waals surface area contributed by atoms with Gasteiger partial charge in [-0.05, 0) is 38.0 Å². The van der Waals surface area contributed by atoms with Crippen molar-refractivity contribution >= 4 is 5.91 Å². The monoisotopic (exact) mass is 372 g/mol. The fourth-order valence-corrected chi connectivity index (χ4v) is 3.74. The van der Waals surface area contributed by atoms with Crippen molar-refractivity contribution in [2.45, 2.75) is 32.1 Å². The van der Waals surface area contributed by atoms with E-state index in [1.165, 1.54) is 5.56 Å². The molecule has 3 aromatic rings. The number of carbonyl (C=O) groups excluding carboxylic acids is 1. The third kappa shape index (κ3) is 4.25. The molecule has 0 saturated carbocycles. The van der Waals surface area contributed by atoms with Gasteiger partial charge in [0.25, 0.3) is 0 Å². The molecule has 0 aliphatic carbocycles. The van der Waals surface area contributed by atoms with Crippen molar-refractivity contribution in [3.63, 3.8) is 0 Å². The zero-order valence-electron chi connectivity index (χ0n) is 16.1. The highest BCUT2D eigenvalue weighted by Crippen LogP contribution is 2.27. The predicted octanol–water partition coefficient (Wildman–Crippen LogP) is 3.80. The fraction of sp³-hybridized carbons (Fsp3) is 0.304. The molecule has 0 unspecified atom stereocenters. The van der Waals surface area contributed by atoms with E-state index >= 15 is 0 Å². The summed E-state index contributed by atoms with van der Waals surface area (Å²) in [5.74, 6) is 0.352. The summed E-state index contributed by atoms with van der Waals surface area (Å²) < 4.78 is 0. The largest absolute Gasteiger partial charge is 0.342 e. The minimum absolute atomic E-state index is 0.131. The fourth-order valence-electron chi connectivity index (χ4n) is 3.74. The summed E-state index contributed by atoms with van der Waals surface area (Å²) in [7, 11) is 0. The van der Waals surface area contributed by atoms with Crippen molar-refractivity contribution in [1.82, 2.24) is 19.9 Å². The normalized spacial score (nSPS) is 16.8. The van der Waals surface area contributed by atoms with Gasteiger partial charge in [-0.15, -0.1) is 0 Å². The number of hydrogen-bond donors (Lipinski definition) is 0. The van der Waals surface area contributed by atoms with Gasteiger partial charge in [0.05, 0.1) is 24.0 Å². The number of likely N-dealkylation sites (tertiary alicyclic amines) is 1. The van der Waals surface area contributed by atoms with Crippen molar-refractivity contribution in [1.29, 1.82) is 0 Å². The topological polar surface area (TPSA) is 59.0 Å². The molecule has 1 saturated heterocycles. The molecule has 1 fully saturated rings. The Kier molecular flexibility index (Phi) is 5.42. The number of carbonyl (C=O) groups is 1. The molecule has 28 heavy (non-hydrogen) atoms. The lowest BCUT2D eigenvalue weighted by molar-refractivity contribution is -0.131. The first kappa shape index (κ1) is 18.3.